The van der Waals surface area contributed by atoms with E-state index in [1.807, 2.05) is 0 Å². The minimum atomic E-state index is -0.683. The smallest absolute Gasteiger partial charge is 0.284 e. The van der Waals surface area contributed by atoms with Crippen LogP contribution in [0.25, 0.3) is 10.9 Å². The lowest BCUT2D eigenvalue weighted by Crippen LogP contribution is -2.35. The molecular formula is C15H20N4O2. The van der Waals surface area contributed by atoms with Gasteiger partial charge in [-0.2, -0.15) is 0 Å². The van der Waals surface area contributed by atoms with E-state index in [-0.39, 0.29) is 11.4 Å². The highest BCUT2D eigenvalue weighted by molar-refractivity contribution is 5.91. The summed E-state index contributed by atoms with van der Waals surface area (Å²) in [6, 6.07) is 6.98. The fourth-order valence-corrected chi connectivity index (χ4v) is 2.34. The third kappa shape index (κ3) is 3.11. The molecule has 0 radical (unpaired) electrons. The predicted molar refractivity (Wildman–Crippen MR) is 82.3 cm³/mol. The molecule has 112 valence electrons. The van der Waals surface area contributed by atoms with E-state index in [0.717, 1.165) is 13.1 Å². The number of primary amides is 1. The van der Waals surface area contributed by atoms with Gasteiger partial charge in [-0.1, -0.05) is 26.0 Å². The zero-order chi connectivity index (χ0) is 15.4. The topological polar surface area (TPSA) is 81.2 Å². The van der Waals surface area contributed by atoms with Crippen LogP contribution in [0.2, 0.25) is 0 Å². The van der Waals surface area contributed by atoms with Crippen molar-refractivity contribution in [2.75, 3.05) is 19.6 Å². The summed E-state index contributed by atoms with van der Waals surface area (Å²) in [6.45, 7) is 6.96. The number of carbonyl (C=O) groups is 1. The third-order valence-electron chi connectivity index (χ3n) is 3.62. The third-order valence-corrected chi connectivity index (χ3v) is 3.62. The average molecular weight is 288 g/mol. The van der Waals surface area contributed by atoms with E-state index >= 15 is 0 Å². The lowest BCUT2D eigenvalue weighted by molar-refractivity contribution is 0.0983. The summed E-state index contributed by atoms with van der Waals surface area (Å²) in [7, 11) is 0. The van der Waals surface area contributed by atoms with E-state index < -0.39 is 5.91 Å². The molecule has 2 rings (SSSR count). The van der Waals surface area contributed by atoms with Gasteiger partial charge in [-0.15, -0.1) is 0 Å². The summed E-state index contributed by atoms with van der Waals surface area (Å²) >= 11 is 0. The number of likely N-dealkylation sites (N-methyl/N-ethyl adjacent to an activating group) is 1. The number of nitrogens with two attached hydrogens (primary N) is 1. The Morgan fingerprint density at radius 1 is 1.29 bits per heavy atom. The van der Waals surface area contributed by atoms with Gasteiger partial charge in [0.15, 0.2) is 0 Å². The van der Waals surface area contributed by atoms with Crippen molar-refractivity contribution in [1.82, 2.24) is 14.5 Å². The van der Waals surface area contributed by atoms with Crippen LogP contribution in [-0.4, -0.2) is 40.0 Å². The molecule has 0 aliphatic rings. The van der Waals surface area contributed by atoms with Gasteiger partial charge in [-0.25, -0.2) is 4.98 Å². The number of para-hydroxylation sites is 1. The fourth-order valence-electron chi connectivity index (χ4n) is 2.34. The molecule has 21 heavy (non-hydrogen) atoms. The summed E-state index contributed by atoms with van der Waals surface area (Å²) in [5, 5.41) is 0.502. The lowest BCUT2D eigenvalue weighted by atomic mass is 10.2. The lowest BCUT2D eigenvalue weighted by Gasteiger charge is -2.19. The van der Waals surface area contributed by atoms with E-state index in [1.165, 1.54) is 4.57 Å². The zero-order valence-electron chi connectivity index (χ0n) is 12.4. The van der Waals surface area contributed by atoms with Gasteiger partial charge in [0.1, 0.15) is 0 Å². The summed E-state index contributed by atoms with van der Waals surface area (Å²) in [4.78, 5) is 30.5. The molecule has 6 heteroatoms. The molecule has 1 aromatic carbocycles. The SMILES string of the molecule is CCN(CC)CCn1c(C(N)=O)nc2ccccc2c1=O. The highest BCUT2D eigenvalue weighted by atomic mass is 16.2. The molecule has 0 spiro atoms. The molecule has 0 bridgehead atoms. The first kappa shape index (κ1) is 15.2. The monoisotopic (exact) mass is 288 g/mol. The van der Waals surface area contributed by atoms with Gasteiger partial charge in [0.25, 0.3) is 11.5 Å². The quantitative estimate of drug-likeness (QED) is 0.854. The van der Waals surface area contributed by atoms with Crippen molar-refractivity contribution in [1.29, 1.82) is 0 Å². The van der Waals surface area contributed by atoms with Crippen LogP contribution in [0.3, 0.4) is 0 Å². The molecule has 1 aromatic heterocycles. The first-order chi connectivity index (χ1) is 10.1. The number of fused-ring (bicyclic) bond motifs is 1. The number of hydrogen-bond donors (Lipinski definition) is 1. The Labute approximate surface area is 123 Å². The average Bonchev–Trinajstić information content (AvgIpc) is 2.49. The van der Waals surface area contributed by atoms with Crippen molar-refractivity contribution in [3.63, 3.8) is 0 Å². The van der Waals surface area contributed by atoms with Crippen molar-refractivity contribution in [2.45, 2.75) is 20.4 Å². The van der Waals surface area contributed by atoms with Crippen LogP contribution in [0.5, 0.6) is 0 Å². The van der Waals surface area contributed by atoms with Gasteiger partial charge >= 0.3 is 0 Å². The van der Waals surface area contributed by atoms with Crippen LogP contribution in [0, 0.1) is 0 Å². The fraction of sp³-hybridized carbons (Fsp3) is 0.400. The molecule has 0 aliphatic heterocycles. The second-order valence-electron chi connectivity index (χ2n) is 4.80. The van der Waals surface area contributed by atoms with Crippen LogP contribution >= 0.6 is 0 Å². The minimum Gasteiger partial charge on any atom is -0.363 e. The molecule has 1 amide bonds. The summed E-state index contributed by atoms with van der Waals surface area (Å²) in [5.74, 6) is -0.664. The molecule has 0 fully saturated rings. The van der Waals surface area contributed by atoms with Crippen molar-refractivity contribution < 1.29 is 4.79 Å². The van der Waals surface area contributed by atoms with Gasteiger partial charge in [0, 0.05) is 13.1 Å². The first-order valence-electron chi connectivity index (χ1n) is 7.10. The Balaban J connectivity index is 2.49. The normalized spacial score (nSPS) is 11.2. The van der Waals surface area contributed by atoms with Gasteiger partial charge < -0.3 is 10.6 Å². The molecular weight excluding hydrogens is 268 g/mol. The zero-order valence-corrected chi connectivity index (χ0v) is 12.4. The van der Waals surface area contributed by atoms with Gasteiger partial charge in [0.05, 0.1) is 10.9 Å². The number of benzene rings is 1. The van der Waals surface area contributed by atoms with Crippen molar-refractivity contribution in [3.05, 3.63) is 40.4 Å². The molecule has 2 N–H and O–H groups in total. The Morgan fingerprint density at radius 3 is 2.57 bits per heavy atom. The highest BCUT2D eigenvalue weighted by Crippen LogP contribution is 2.08. The van der Waals surface area contributed by atoms with Gasteiger partial charge in [-0.3, -0.25) is 14.2 Å². The van der Waals surface area contributed by atoms with E-state index in [0.29, 0.717) is 24.0 Å². The van der Waals surface area contributed by atoms with Crippen molar-refractivity contribution in [2.24, 2.45) is 5.73 Å². The molecule has 2 aromatic rings. The Bertz CT molecular complexity index is 704. The number of hydrogen-bond acceptors (Lipinski definition) is 4. The minimum absolute atomic E-state index is 0.0193. The molecule has 0 aliphatic carbocycles. The van der Waals surface area contributed by atoms with Crippen LogP contribution in [0.1, 0.15) is 24.5 Å². The standard InChI is InChI=1S/C15H20N4O2/c1-3-18(4-2)9-10-19-14(13(16)20)17-12-8-6-5-7-11(12)15(19)21/h5-8H,3-4,9-10H2,1-2H3,(H2,16,20). The van der Waals surface area contributed by atoms with E-state index in [9.17, 15) is 9.59 Å². The van der Waals surface area contributed by atoms with Crippen molar-refractivity contribution >= 4 is 16.8 Å². The molecule has 0 saturated carbocycles. The largest absolute Gasteiger partial charge is 0.363 e. The van der Waals surface area contributed by atoms with Crippen molar-refractivity contribution in [3.8, 4) is 0 Å². The number of amides is 1. The molecule has 0 unspecified atom stereocenters. The summed E-state index contributed by atoms with van der Waals surface area (Å²) in [6.07, 6.45) is 0. The van der Waals surface area contributed by atoms with Crippen LogP contribution < -0.4 is 11.3 Å². The Hall–Kier alpha value is -2.21. The van der Waals surface area contributed by atoms with Crippen LogP contribution in [0.4, 0.5) is 0 Å². The number of aromatic nitrogens is 2. The highest BCUT2D eigenvalue weighted by Gasteiger charge is 2.15. The number of nitrogens with zero attached hydrogens (tertiary/aromatic N) is 3. The maximum Gasteiger partial charge on any atom is 0.284 e. The van der Waals surface area contributed by atoms with E-state index in [2.05, 4.69) is 23.7 Å². The summed E-state index contributed by atoms with van der Waals surface area (Å²) in [5.41, 5.74) is 5.65. The first-order valence-corrected chi connectivity index (χ1v) is 7.10. The maximum absolute atomic E-state index is 12.5. The maximum atomic E-state index is 12.5. The second-order valence-corrected chi connectivity index (χ2v) is 4.80. The molecule has 6 nitrogen and oxygen atoms in total. The predicted octanol–water partition coefficient (Wildman–Crippen LogP) is 0.837. The number of rotatable bonds is 6. The molecule has 0 saturated heterocycles. The Morgan fingerprint density at radius 2 is 1.95 bits per heavy atom. The summed E-state index contributed by atoms with van der Waals surface area (Å²) < 4.78 is 1.38. The van der Waals surface area contributed by atoms with Gasteiger partial charge in [0.2, 0.25) is 5.82 Å². The molecule has 1 heterocycles. The van der Waals surface area contributed by atoms with E-state index in [1.54, 1.807) is 24.3 Å². The van der Waals surface area contributed by atoms with Crippen LogP contribution in [-0.2, 0) is 6.54 Å². The van der Waals surface area contributed by atoms with Crippen LogP contribution in [0.15, 0.2) is 29.1 Å². The van der Waals surface area contributed by atoms with Gasteiger partial charge in [-0.05, 0) is 25.2 Å². The molecule has 0 atom stereocenters. The van der Waals surface area contributed by atoms with E-state index in [4.69, 9.17) is 5.73 Å². The Kier molecular flexibility index (Phi) is 4.70. The number of carbonyl (C=O) groups excluding carboxylic acids is 1. The second kappa shape index (κ2) is 6.49.